The molecule has 1 aliphatic rings. The lowest BCUT2D eigenvalue weighted by atomic mass is 9.91. The number of nitrogens with two attached hydrogens (primary N) is 1. The normalized spacial score (nSPS) is 25.1. The molecule has 0 aromatic heterocycles. The second-order valence-electron chi connectivity index (χ2n) is 5.36. The highest BCUT2D eigenvalue weighted by Crippen LogP contribution is 2.29. The largest absolute Gasteiger partial charge is 0.496 e. The van der Waals surface area contributed by atoms with E-state index in [0.717, 1.165) is 25.7 Å². The Bertz CT molecular complexity index is 417. The Kier molecular flexibility index (Phi) is 4.77. The van der Waals surface area contributed by atoms with E-state index in [4.69, 9.17) is 10.5 Å². The molecule has 0 radical (unpaired) electrons. The van der Waals surface area contributed by atoms with Crippen LogP contribution in [0.2, 0.25) is 0 Å². The van der Waals surface area contributed by atoms with E-state index in [9.17, 15) is 4.39 Å². The smallest absolute Gasteiger partial charge is 0.131 e. The zero-order valence-electron chi connectivity index (χ0n) is 11.7. The van der Waals surface area contributed by atoms with Gasteiger partial charge in [-0.15, -0.1) is 0 Å². The summed E-state index contributed by atoms with van der Waals surface area (Å²) in [4.78, 5) is 0. The zero-order valence-corrected chi connectivity index (χ0v) is 11.7. The standard InChI is InChI=1S/C15H23FN2O/c1-10(18-12-8-6-11(17)7-9-12)15-13(16)4-3-5-14(15)19-2/h3-5,10-12,18H,6-9,17H2,1-2H3. The summed E-state index contributed by atoms with van der Waals surface area (Å²) in [5.74, 6) is 0.388. The Labute approximate surface area is 114 Å². The van der Waals surface area contributed by atoms with Crippen molar-refractivity contribution >= 4 is 0 Å². The highest BCUT2D eigenvalue weighted by molar-refractivity contribution is 5.37. The minimum Gasteiger partial charge on any atom is -0.496 e. The number of hydrogen-bond donors (Lipinski definition) is 2. The summed E-state index contributed by atoms with van der Waals surface area (Å²) in [6.45, 7) is 1.98. The zero-order chi connectivity index (χ0) is 13.8. The topological polar surface area (TPSA) is 47.3 Å². The van der Waals surface area contributed by atoms with Crippen LogP contribution in [0.3, 0.4) is 0 Å². The Balaban J connectivity index is 2.05. The minimum absolute atomic E-state index is 0.0597. The van der Waals surface area contributed by atoms with Gasteiger partial charge >= 0.3 is 0 Å². The predicted molar refractivity (Wildman–Crippen MR) is 74.7 cm³/mol. The van der Waals surface area contributed by atoms with Crippen LogP contribution in [0, 0.1) is 5.82 Å². The van der Waals surface area contributed by atoms with Gasteiger partial charge < -0.3 is 15.8 Å². The lowest BCUT2D eigenvalue weighted by molar-refractivity contribution is 0.314. The monoisotopic (exact) mass is 266 g/mol. The van der Waals surface area contributed by atoms with Crippen molar-refractivity contribution in [1.29, 1.82) is 0 Å². The van der Waals surface area contributed by atoms with E-state index in [1.165, 1.54) is 6.07 Å². The van der Waals surface area contributed by atoms with Gasteiger partial charge in [-0.05, 0) is 44.7 Å². The average molecular weight is 266 g/mol. The molecule has 106 valence electrons. The second kappa shape index (κ2) is 6.35. The number of rotatable bonds is 4. The Morgan fingerprint density at radius 3 is 2.63 bits per heavy atom. The molecule has 1 saturated carbocycles. The van der Waals surface area contributed by atoms with Crippen LogP contribution in [0.4, 0.5) is 4.39 Å². The van der Waals surface area contributed by atoms with E-state index in [0.29, 0.717) is 23.4 Å². The quantitative estimate of drug-likeness (QED) is 0.881. The first-order valence-electron chi connectivity index (χ1n) is 6.96. The van der Waals surface area contributed by atoms with Crippen LogP contribution in [-0.4, -0.2) is 19.2 Å². The fourth-order valence-electron chi connectivity index (χ4n) is 2.84. The van der Waals surface area contributed by atoms with Crippen LogP contribution < -0.4 is 15.8 Å². The number of benzene rings is 1. The third-order valence-corrected chi connectivity index (χ3v) is 3.92. The van der Waals surface area contributed by atoms with Crippen LogP contribution in [0.25, 0.3) is 0 Å². The minimum atomic E-state index is -0.216. The fourth-order valence-corrected chi connectivity index (χ4v) is 2.84. The molecular weight excluding hydrogens is 243 g/mol. The van der Waals surface area contributed by atoms with Gasteiger partial charge in [0.15, 0.2) is 0 Å². The number of nitrogens with one attached hydrogen (secondary N) is 1. The van der Waals surface area contributed by atoms with E-state index in [1.54, 1.807) is 19.2 Å². The highest BCUT2D eigenvalue weighted by atomic mass is 19.1. The van der Waals surface area contributed by atoms with E-state index in [-0.39, 0.29) is 11.9 Å². The molecule has 3 nitrogen and oxygen atoms in total. The summed E-state index contributed by atoms with van der Waals surface area (Å²) in [6, 6.07) is 5.63. The third kappa shape index (κ3) is 3.45. The first-order chi connectivity index (χ1) is 9.11. The van der Waals surface area contributed by atoms with Crippen molar-refractivity contribution in [2.45, 2.75) is 50.7 Å². The maximum Gasteiger partial charge on any atom is 0.131 e. The lowest BCUT2D eigenvalue weighted by Crippen LogP contribution is -2.38. The first-order valence-corrected chi connectivity index (χ1v) is 6.96. The van der Waals surface area contributed by atoms with Crippen molar-refractivity contribution in [3.8, 4) is 5.75 Å². The molecule has 0 amide bonds. The van der Waals surface area contributed by atoms with Gasteiger partial charge in [0.1, 0.15) is 11.6 Å². The Morgan fingerprint density at radius 1 is 1.32 bits per heavy atom. The molecule has 19 heavy (non-hydrogen) atoms. The summed E-state index contributed by atoms with van der Waals surface area (Å²) in [5, 5.41) is 3.50. The molecule has 1 aliphatic carbocycles. The van der Waals surface area contributed by atoms with Gasteiger partial charge in [-0.25, -0.2) is 4.39 Å². The maximum absolute atomic E-state index is 14.0. The SMILES string of the molecule is COc1cccc(F)c1C(C)NC1CCC(N)CC1. The van der Waals surface area contributed by atoms with Crippen molar-refractivity contribution in [2.24, 2.45) is 5.73 Å². The number of halogens is 1. The summed E-state index contributed by atoms with van der Waals surface area (Å²) in [5.41, 5.74) is 6.51. The molecule has 0 heterocycles. The maximum atomic E-state index is 14.0. The van der Waals surface area contributed by atoms with Gasteiger partial charge in [0.05, 0.1) is 7.11 Å². The van der Waals surface area contributed by atoms with E-state index in [1.807, 2.05) is 6.92 Å². The van der Waals surface area contributed by atoms with Crippen molar-refractivity contribution < 1.29 is 9.13 Å². The molecule has 1 unspecified atom stereocenters. The molecule has 1 atom stereocenters. The molecule has 0 aliphatic heterocycles. The summed E-state index contributed by atoms with van der Waals surface area (Å²) in [6.07, 6.45) is 4.20. The molecule has 0 saturated heterocycles. The van der Waals surface area contributed by atoms with Gasteiger partial charge in [0.25, 0.3) is 0 Å². The predicted octanol–water partition coefficient (Wildman–Crippen LogP) is 2.75. The molecule has 4 heteroatoms. The molecule has 1 aromatic rings. The lowest BCUT2D eigenvalue weighted by Gasteiger charge is -2.30. The van der Waals surface area contributed by atoms with Crippen LogP contribution in [0.5, 0.6) is 5.75 Å². The van der Waals surface area contributed by atoms with E-state index in [2.05, 4.69) is 5.32 Å². The van der Waals surface area contributed by atoms with Gasteiger partial charge in [0.2, 0.25) is 0 Å². The van der Waals surface area contributed by atoms with Gasteiger partial charge in [-0.2, -0.15) is 0 Å². The average Bonchev–Trinajstić information content (AvgIpc) is 2.40. The first kappa shape index (κ1) is 14.3. The molecule has 1 fully saturated rings. The van der Waals surface area contributed by atoms with E-state index < -0.39 is 0 Å². The van der Waals surface area contributed by atoms with Crippen LogP contribution in [0.1, 0.15) is 44.2 Å². The van der Waals surface area contributed by atoms with Crippen LogP contribution in [0.15, 0.2) is 18.2 Å². The van der Waals surface area contributed by atoms with Crippen LogP contribution in [-0.2, 0) is 0 Å². The molecule has 2 rings (SSSR count). The summed E-state index contributed by atoms with van der Waals surface area (Å²) in [7, 11) is 1.57. The van der Waals surface area contributed by atoms with Crippen molar-refractivity contribution in [3.05, 3.63) is 29.6 Å². The van der Waals surface area contributed by atoms with Gasteiger partial charge in [-0.1, -0.05) is 6.07 Å². The van der Waals surface area contributed by atoms with Crippen molar-refractivity contribution in [1.82, 2.24) is 5.32 Å². The Hall–Kier alpha value is -1.13. The van der Waals surface area contributed by atoms with Gasteiger partial charge in [0, 0.05) is 23.7 Å². The summed E-state index contributed by atoms with van der Waals surface area (Å²) >= 11 is 0. The molecule has 3 N–H and O–H groups in total. The Morgan fingerprint density at radius 2 is 2.00 bits per heavy atom. The fraction of sp³-hybridized carbons (Fsp3) is 0.600. The molecular formula is C15H23FN2O. The summed E-state index contributed by atoms with van der Waals surface area (Å²) < 4.78 is 19.2. The molecule has 0 bridgehead atoms. The van der Waals surface area contributed by atoms with Crippen LogP contribution >= 0.6 is 0 Å². The second-order valence-corrected chi connectivity index (χ2v) is 5.36. The highest BCUT2D eigenvalue weighted by Gasteiger charge is 2.23. The third-order valence-electron chi connectivity index (χ3n) is 3.92. The van der Waals surface area contributed by atoms with Crippen molar-refractivity contribution in [3.63, 3.8) is 0 Å². The molecule has 0 spiro atoms. The number of ether oxygens (including phenoxy) is 1. The van der Waals surface area contributed by atoms with Gasteiger partial charge in [-0.3, -0.25) is 0 Å². The van der Waals surface area contributed by atoms with E-state index >= 15 is 0 Å². The molecule has 1 aromatic carbocycles. The van der Waals surface area contributed by atoms with Crippen molar-refractivity contribution in [2.75, 3.05) is 7.11 Å². The number of methoxy groups -OCH3 is 1. The number of hydrogen-bond acceptors (Lipinski definition) is 3.